The van der Waals surface area contributed by atoms with Crippen LogP contribution in [0.4, 0.5) is 0 Å². The van der Waals surface area contributed by atoms with Crippen molar-refractivity contribution in [2.75, 3.05) is 13.7 Å². The fourth-order valence-corrected chi connectivity index (χ4v) is 4.76. The molecule has 0 bridgehead atoms. The molecule has 0 amide bonds. The molecule has 4 N–H and O–H groups in total. The van der Waals surface area contributed by atoms with E-state index < -0.39 is 12.2 Å². The third-order valence-corrected chi connectivity index (χ3v) is 6.83. The molecule has 40 heavy (non-hydrogen) atoms. The van der Waals surface area contributed by atoms with E-state index in [9.17, 15) is 20.1 Å². The molecule has 0 saturated heterocycles. The number of rotatable bonds is 10. The van der Waals surface area contributed by atoms with Gasteiger partial charge in [-0.25, -0.2) is 0 Å². The first-order valence-electron chi connectivity index (χ1n) is 13.0. The number of phenolic OH excluding ortho intramolecular Hbond substituents is 2. The third-order valence-electron chi connectivity index (χ3n) is 6.83. The SMILES string of the molecule is COc1c(O)c(Cc2cc[nH]c2)c2c(c1OCC[C@@H](O)/C=C/c1ccccc1)C(=O)CC(c1ccc(O)cc1)O2. The number of carbonyl (C=O) groups excluding carboxylic acids is 1. The van der Waals surface area contributed by atoms with Gasteiger partial charge in [-0.15, -0.1) is 0 Å². The highest BCUT2D eigenvalue weighted by molar-refractivity contribution is 6.04. The maximum atomic E-state index is 13.6. The van der Waals surface area contributed by atoms with E-state index >= 15 is 0 Å². The molecule has 2 atom stereocenters. The van der Waals surface area contributed by atoms with Crippen LogP contribution in [0.5, 0.6) is 28.7 Å². The lowest BCUT2D eigenvalue weighted by atomic mass is 9.91. The predicted molar refractivity (Wildman–Crippen MR) is 150 cm³/mol. The smallest absolute Gasteiger partial charge is 0.204 e. The lowest BCUT2D eigenvalue weighted by Gasteiger charge is -2.30. The number of phenols is 2. The van der Waals surface area contributed by atoms with Crippen molar-refractivity contribution < 1.29 is 34.3 Å². The highest BCUT2D eigenvalue weighted by Gasteiger charge is 2.37. The lowest BCUT2D eigenvalue weighted by Crippen LogP contribution is -2.23. The van der Waals surface area contributed by atoms with E-state index in [1.165, 1.54) is 19.2 Å². The number of ketones is 1. The fourth-order valence-electron chi connectivity index (χ4n) is 4.76. The van der Waals surface area contributed by atoms with Crippen molar-refractivity contribution in [3.63, 3.8) is 0 Å². The topological polar surface area (TPSA) is 121 Å². The van der Waals surface area contributed by atoms with Crippen molar-refractivity contribution in [3.05, 3.63) is 107 Å². The molecule has 5 rings (SSSR count). The number of aromatic amines is 1. The fraction of sp³-hybridized carbons (Fsp3) is 0.219. The summed E-state index contributed by atoms with van der Waals surface area (Å²) in [6, 6.07) is 18.0. The van der Waals surface area contributed by atoms with Crippen molar-refractivity contribution >= 4 is 11.9 Å². The van der Waals surface area contributed by atoms with Gasteiger partial charge in [0.1, 0.15) is 23.2 Å². The molecule has 2 heterocycles. The van der Waals surface area contributed by atoms with E-state index in [2.05, 4.69) is 4.98 Å². The second kappa shape index (κ2) is 12.0. The van der Waals surface area contributed by atoms with Crippen molar-refractivity contribution in [3.8, 4) is 28.7 Å². The van der Waals surface area contributed by atoms with Crippen LogP contribution >= 0.6 is 0 Å². The Kier molecular flexibility index (Phi) is 8.07. The van der Waals surface area contributed by atoms with Crippen LogP contribution < -0.4 is 14.2 Å². The molecule has 0 aliphatic carbocycles. The number of H-pyrrole nitrogens is 1. The van der Waals surface area contributed by atoms with E-state index in [-0.39, 0.29) is 66.0 Å². The van der Waals surface area contributed by atoms with Crippen molar-refractivity contribution in [2.45, 2.75) is 31.5 Å². The number of aromatic hydroxyl groups is 2. The summed E-state index contributed by atoms with van der Waals surface area (Å²) in [5.41, 5.74) is 3.16. The maximum Gasteiger partial charge on any atom is 0.204 e. The van der Waals surface area contributed by atoms with E-state index in [4.69, 9.17) is 14.2 Å². The summed E-state index contributed by atoms with van der Waals surface area (Å²) in [4.78, 5) is 16.6. The number of hydrogen-bond acceptors (Lipinski definition) is 7. The molecule has 8 heteroatoms. The Hall–Kier alpha value is -4.69. The summed E-state index contributed by atoms with van der Waals surface area (Å²) in [6.45, 7) is 0.0639. The number of hydrogen-bond donors (Lipinski definition) is 4. The number of ether oxygens (including phenoxy) is 3. The minimum Gasteiger partial charge on any atom is -0.508 e. The van der Waals surface area contributed by atoms with Gasteiger partial charge in [0, 0.05) is 30.8 Å². The van der Waals surface area contributed by atoms with Gasteiger partial charge in [0.25, 0.3) is 0 Å². The summed E-state index contributed by atoms with van der Waals surface area (Å²) < 4.78 is 17.9. The second-order valence-corrected chi connectivity index (χ2v) is 9.59. The molecule has 1 aromatic heterocycles. The number of methoxy groups -OCH3 is 1. The Balaban J connectivity index is 1.46. The van der Waals surface area contributed by atoms with Gasteiger partial charge in [0.05, 0.1) is 26.2 Å². The second-order valence-electron chi connectivity index (χ2n) is 9.59. The summed E-state index contributed by atoms with van der Waals surface area (Å²) in [5.74, 6) is 0.0556. The van der Waals surface area contributed by atoms with Crippen LogP contribution in [0, 0.1) is 0 Å². The average Bonchev–Trinajstić information content (AvgIpc) is 3.48. The molecule has 0 radical (unpaired) electrons. The lowest BCUT2D eigenvalue weighted by molar-refractivity contribution is 0.0836. The van der Waals surface area contributed by atoms with Crippen LogP contribution in [0.2, 0.25) is 0 Å². The highest BCUT2D eigenvalue weighted by atomic mass is 16.5. The standard InChI is InChI=1S/C32H31NO7/c1-38-32-29(37)25(17-21-13-15-33-19-21)30-28(26(36)18-27(40-30)22-8-11-23(34)12-9-22)31(32)39-16-14-24(35)10-7-20-5-3-2-4-6-20/h2-13,15,19,24,27,33-35,37H,14,16-18H2,1H3/b10-7+/t24-,27?/m0/s1. The van der Waals surface area contributed by atoms with Gasteiger partial charge >= 0.3 is 0 Å². The van der Waals surface area contributed by atoms with E-state index in [1.807, 2.05) is 42.5 Å². The number of nitrogens with one attached hydrogen (secondary N) is 1. The number of fused-ring (bicyclic) bond motifs is 1. The molecule has 206 valence electrons. The van der Waals surface area contributed by atoms with E-state index in [0.29, 0.717) is 5.56 Å². The molecule has 8 nitrogen and oxygen atoms in total. The maximum absolute atomic E-state index is 13.6. The number of Topliss-reactive ketones (excluding diaryl/α,β-unsaturated/α-hetero) is 1. The zero-order valence-corrected chi connectivity index (χ0v) is 22.0. The predicted octanol–water partition coefficient (Wildman–Crippen LogP) is 5.58. The zero-order valence-electron chi connectivity index (χ0n) is 22.0. The summed E-state index contributed by atoms with van der Waals surface area (Å²) >= 11 is 0. The molecule has 0 saturated carbocycles. The van der Waals surface area contributed by atoms with Crippen LogP contribution in [0.25, 0.3) is 6.08 Å². The molecule has 1 aliphatic rings. The largest absolute Gasteiger partial charge is 0.508 e. The Morgan fingerprint density at radius 2 is 1.85 bits per heavy atom. The van der Waals surface area contributed by atoms with Crippen LogP contribution in [-0.2, 0) is 6.42 Å². The highest BCUT2D eigenvalue weighted by Crippen LogP contribution is 2.53. The van der Waals surface area contributed by atoms with Gasteiger partial charge in [-0.1, -0.05) is 54.6 Å². The van der Waals surface area contributed by atoms with Gasteiger partial charge in [-0.2, -0.15) is 0 Å². The van der Waals surface area contributed by atoms with Crippen LogP contribution in [0.1, 0.15) is 51.6 Å². The zero-order chi connectivity index (χ0) is 28.1. The Morgan fingerprint density at radius 3 is 2.55 bits per heavy atom. The van der Waals surface area contributed by atoms with Gasteiger partial charge in [-0.3, -0.25) is 4.79 Å². The molecule has 1 aliphatic heterocycles. The first kappa shape index (κ1) is 26.9. The summed E-state index contributed by atoms with van der Waals surface area (Å²) in [6.07, 6.45) is 6.25. The summed E-state index contributed by atoms with van der Waals surface area (Å²) in [7, 11) is 1.40. The van der Waals surface area contributed by atoms with Gasteiger partial charge in [0.15, 0.2) is 17.3 Å². The molecule has 3 aromatic carbocycles. The first-order valence-corrected chi connectivity index (χ1v) is 13.0. The Bertz CT molecular complexity index is 1480. The molecule has 0 fully saturated rings. The van der Waals surface area contributed by atoms with Crippen LogP contribution in [-0.4, -0.2) is 45.9 Å². The molecule has 4 aromatic rings. The van der Waals surface area contributed by atoms with Crippen molar-refractivity contribution in [1.29, 1.82) is 0 Å². The average molecular weight is 542 g/mol. The number of aromatic nitrogens is 1. The van der Waals surface area contributed by atoms with Gasteiger partial charge < -0.3 is 34.5 Å². The van der Waals surface area contributed by atoms with Crippen LogP contribution in [0.3, 0.4) is 0 Å². The minimum absolute atomic E-state index is 0.0358. The van der Waals surface area contributed by atoms with Gasteiger partial charge in [-0.05, 0) is 34.9 Å². The number of benzene rings is 3. The molecule has 1 unspecified atom stereocenters. The van der Waals surface area contributed by atoms with Crippen LogP contribution in [0.15, 0.2) is 79.1 Å². The minimum atomic E-state index is -0.783. The van der Waals surface area contributed by atoms with Crippen molar-refractivity contribution in [2.24, 2.45) is 0 Å². The first-order chi connectivity index (χ1) is 19.4. The quantitative estimate of drug-likeness (QED) is 0.207. The number of aliphatic hydroxyl groups is 1. The number of carbonyl (C=O) groups is 1. The Morgan fingerprint density at radius 1 is 1.07 bits per heavy atom. The summed E-state index contributed by atoms with van der Waals surface area (Å²) in [5, 5.41) is 31.5. The molecule has 0 spiro atoms. The molecular formula is C32H31NO7. The monoisotopic (exact) mass is 541 g/mol. The van der Waals surface area contributed by atoms with Gasteiger partial charge in [0.2, 0.25) is 5.75 Å². The Labute approximate surface area is 232 Å². The van der Waals surface area contributed by atoms with Crippen molar-refractivity contribution in [1.82, 2.24) is 4.98 Å². The normalized spacial score (nSPS) is 15.4. The van der Waals surface area contributed by atoms with E-state index in [1.54, 1.807) is 30.6 Å². The third kappa shape index (κ3) is 5.82. The molecular weight excluding hydrogens is 510 g/mol. The number of aliphatic hydroxyl groups excluding tert-OH is 1. The van der Waals surface area contributed by atoms with E-state index in [0.717, 1.165) is 16.7 Å².